The van der Waals surface area contributed by atoms with Crippen LogP contribution in [0.25, 0.3) is 0 Å². The average molecular weight is 266 g/mol. The number of rotatable bonds is 6. The summed E-state index contributed by atoms with van der Waals surface area (Å²) < 4.78 is 11.5. The van der Waals surface area contributed by atoms with Crippen LogP contribution in [0.4, 0.5) is 0 Å². The van der Waals surface area contributed by atoms with Crippen LogP contribution in [0.3, 0.4) is 0 Å². The van der Waals surface area contributed by atoms with Crippen molar-refractivity contribution in [1.82, 2.24) is 0 Å². The van der Waals surface area contributed by atoms with E-state index in [1.807, 2.05) is 0 Å². The molecule has 1 rings (SSSR count). The molecule has 0 aliphatic carbocycles. The van der Waals surface area contributed by atoms with Gasteiger partial charge in [0, 0.05) is 5.41 Å². The fourth-order valence-electron chi connectivity index (χ4n) is 2.15. The van der Waals surface area contributed by atoms with E-state index < -0.39 is 0 Å². The third-order valence-electron chi connectivity index (χ3n) is 3.54. The molecular formula is C17H30O2. The first kappa shape index (κ1) is 16.5. The molecule has 1 aliphatic rings. The van der Waals surface area contributed by atoms with Gasteiger partial charge in [-0.15, -0.1) is 0 Å². The number of allylic oxidation sites excluding steroid dienone is 4. The van der Waals surface area contributed by atoms with Crippen LogP contribution in [0.5, 0.6) is 0 Å². The molecule has 19 heavy (non-hydrogen) atoms. The van der Waals surface area contributed by atoms with E-state index in [2.05, 4.69) is 53.7 Å². The van der Waals surface area contributed by atoms with Crippen LogP contribution < -0.4 is 0 Å². The van der Waals surface area contributed by atoms with Crippen LogP contribution in [0.1, 0.15) is 60.8 Å². The molecule has 2 atom stereocenters. The second kappa shape index (κ2) is 7.25. The van der Waals surface area contributed by atoms with Gasteiger partial charge in [0.2, 0.25) is 0 Å². The Morgan fingerprint density at radius 2 is 1.89 bits per heavy atom. The molecule has 1 aliphatic heterocycles. The van der Waals surface area contributed by atoms with Crippen molar-refractivity contribution in [1.29, 1.82) is 0 Å². The van der Waals surface area contributed by atoms with Crippen molar-refractivity contribution in [3.8, 4) is 0 Å². The quantitative estimate of drug-likeness (QED) is 0.639. The summed E-state index contributed by atoms with van der Waals surface area (Å²) in [7, 11) is 0. The maximum Gasteiger partial charge on any atom is 0.163 e. The van der Waals surface area contributed by atoms with E-state index >= 15 is 0 Å². The summed E-state index contributed by atoms with van der Waals surface area (Å²) in [6.45, 7) is 13.7. The Labute approximate surface area is 118 Å². The molecule has 2 heteroatoms. The lowest BCUT2D eigenvalue weighted by molar-refractivity contribution is -0.127. The molecule has 0 aromatic carbocycles. The highest BCUT2D eigenvalue weighted by Gasteiger charge is 2.35. The zero-order valence-electron chi connectivity index (χ0n) is 13.5. The molecule has 0 bridgehead atoms. The lowest BCUT2D eigenvalue weighted by Gasteiger charge is -2.29. The molecule has 1 saturated heterocycles. The molecule has 110 valence electrons. The van der Waals surface area contributed by atoms with Gasteiger partial charge in [-0.1, -0.05) is 37.1 Å². The van der Waals surface area contributed by atoms with Gasteiger partial charge in [-0.3, -0.25) is 0 Å². The van der Waals surface area contributed by atoms with Crippen LogP contribution >= 0.6 is 0 Å². The van der Waals surface area contributed by atoms with Gasteiger partial charge in [0.1, 0.15) is 0 Å². The van der Waals surface area contributed by atoms with Crippen LogP contribution in [0.15, 0.2) is 23.3 Å². The van der Waals surface area contributed by atoms with Gasteiger partial charge in [0.15, 0.2) is 6.29 Å². The second-order valence-corrected chi connectivity index (χ2v) is 6.68. The highest BCUT2D eigenvalue weighted by Crippen LogP contribution is 2.33. The van der Waals surface area contributed by atoms with Crippen molar-refractivity contribution in [3.05, 3.63) is 23.3 Å². The summed E-state index contributed by atoms with van der Waals surface area (Å²) in [5.74, 6) is 0. The average Bonchev–Trinajstić information content (AvgIpc) is 2.74. The zero-order chi connectivity index (χ0) is 14.5. The minimum Gasteiger partial charge on any atom is -0.349 e. The molecule has 0 amide bonds. The molecule has 0 N–H and O–H groups in total. The number of hydrogen-bond acceptors (Lipinski definition) is 2. The van der Waals surface area contributed by atoms with Gasteiger partial charge in [0.25, 0.3) is 0 Å². The normalized spacial score (nSPS) is 24.6. The molecular weight excluding hydrogens is 236 g/mol. The van der Waals surface area contributed by atoms with Gasteiger partial charge < -0.3 is 9.47 Å². The Morgan fingerprint density at radius 3 is 2.42 bits per heavy atom. The van der Waals surface area contributed by atoms with Crippen molar-refractivity contribution in [2.45, 2.75) is 73.2 Å². The minimum atomic E-state index is -0.0654. The van der Waals surface area contributed by atoms with Crippen LogP contribution in [-0.4, -0.2) is 19.0 Å². The van der Waals surface area contributed by atoms with E-state index in [9.17, 15) is 0 Å². The molecule has 0 saturated carbocycles. The van der Waals surface area contributed by atoms with Gasteiger partial charge in [0.05, 0.1) is 12.7 Å². The summed E-state index contributed by atoms with van der Waals surface area (Å²) in [6.07, 6.45) is 8.09. The monoisotopic (exact) mass is 266 g/mol. The number of ether oxygens (including phenoxy) is 2. The third kappa shape index (κ3) is 5.92. The standard InChI is InChI=1S/C17H30O2/c1-13(2)8-7-9-14(3)10-11-17(5,6)16-18-12-15(4)19-16/h8,10,15-16H,7,9,11-12H2,1-6H3/b14-10+/t15-,16-/m1/s1. The van der Waals surface area contributed by atoms with Crippen molar-refractivity contribution < 1.29 is 9.47 Å². The van der Waals surface area contributed by atoms with Crippen molar-refractivity contribution >= 4 is 0 Å². The van der Waals surface area contributed by atoms with Crippen molar-refractivity contribution in [2.75, 3.05) is 6.61 Å². The summed E-state index contributed by atoms with van der Waals surface area (Å²) >= 11 is 0. The van der Waals surface area contributed by atoms with E-state index in [0.29, 0.717) is 0 Å². The van der Waals surface area contributed by atoms with Gasteiger partial charge in [-0.05, 0) is 47.0 Å². The van der Waals surface area contributed by atoms with Crippen LogP contribution in [0.2, 0.25) is 0 Å². The van der Waals surface area contributed by atoms with E-state index in [1.54, 1.807) is 0 Å². The van der Waals surface area contributed by atoms with Crippen molar-refractivity contribution in [3.63, 3.8) is 0 Å². The van der Waals surface area contributed by atoms with Crippen LogP contribution in [0, 0.1) is 5.41 Å². The first-order valence-corrected chi connectivity index (χ1v) is 7.37. The van der Waals surface area contributed by atoms with E-state index in [0.717, 1.165) is 25.9 Å². The molecule has 2 nitrogen and oxygen atoms in total. The number of hydrogen-bond donors (Lipinski definition) is 0. The molecule has 1 heterocycles. The Balaban J connectivity index is 2.42. The second-order valence-electron chi connectivity index (χ2n) is 6.68. The topological polar surface area (TPSA) is 18.5 Å². The fraction of sp³-hybridized carbons (Fsp3) is 0.765. The van der Waals surface area contributed by atoms with Gasteiger partial charge in [-0.2, -0.15) is 0 Å². The Bertz CT molecular complexity index is 335. The zero-order valence-corrected chi connectivity index (χ0v) is 13.5. The molecule has 0 aromatic heterocycles. The third-order valence-corrected chi connectivity index (χ3v) is 3.54. The summed E-state index contributed by atoms with van der Waals surface area (Å²) in [5, 5.41) is 0. The maximum atomic E-state index is 5.81. The van der Waals surface area contributed by atoms with Gasteiger partial charge >= 0.3 is 0 Å². The van der Waals surface area contributed by atoms with E-state index in [1.165, 1.54) is 11.1 Å². The summed E-state index contributed by atoms with van der Waals surface area (Å²) in [4.78, 5) is 0. The maximum absolute atomic E-state index is 5.81. The lowest BCUT2D eigenvalue weighted by Crippen LogP contribution is -2.30. The predicted octanol–water partition coefficient (Wildman–Crippen LogP) is 4.86. The lowest BCUT2D eigenvalue weighted by atomic mass is 9.87. The molecule has 1 fully saturated rings. The molecule has 0 spiro atoms. The van der Waals surface area contributed by atoms with Gasteiger partial charge in [-0.25, -0.2) is 0 Å². The van der Waals surface area contributed by atoms with E-state index in [-0.39, 0.29) is 17.8 Å². The SMILES string of the molecule is CC(C)=CCC/C(C)=C/CC(C)(C)[C@@H]1OC[C@@H](C)O1. The fourth-order valence-corrected chi connectivity index (χ4v) is 2.15. The Hall–Kier alpha value is -0.600. The van der Waals surface area contributed by atoms with E-state index in [4.69, 9.17) is 9.47 Å². The smallest absolute Gasteiger partial charge is 0.163 e. The Morgan fingerprint density at radius 1 is 1.21 bits per heavy atom. The van der Waals surface area contributed by atoms with Crippen molar-refractivity contribution in [2.24, 2.45) is 5.41 Å². The largest absolute Gasteiger partial charge is 0.349 e. The first-order chi connectivity index (χ1) is 8.81. The highest BCUT2D eigenvalue weighted by molar-refractivity contribution is 5.03. The summed E-state index contributed by atoms with van der Waals surface area (Å²) in [6, 6.07) is 0. The minimum absolute atomic E-state index is 0.0442. The first-order valence-electron chi connectivity index (χ1n) is 7.37. The molecule has 0 aromatic rings. The highest BCUT2D eigenvalue weighted by atomic mass is 16.7. The molecule has 0 radical (unpaired) electrons. The molecule has 0 unspecified atom stereocenters. The predicted molar refractivity (Wildman–Crippen MR) is 81.1 cm³/mol. The van der Waals surface area contributed by atoms with Crippen LogP contribution in [-0.2, 0) is 9.47 Å². The Kier molecular flexibility index (Phi) is 6.28. The summed E-state index contributed by atoms with van der Waals surface area (Å²) in [5.41, 5.74) is 2.90.